The average molecular weight is 326 g/mol. The van der Waals surface area contributed by atoms with Crippen molar-refractivity contribution in [1.29, 1.82) is 0 Å². The molecule has 1 N–H and O–H groups in total. The van der Waals surface area contributed by atoms with Crippen LogP contribution in [0.2, 0.25) is 5.02 Å². The highest BCUT2D eigenvalue weighted by Gasteiger charge is 2.15. The molecule has 0 aliphatic heterocycles. The smallest absolute Gasteiger partial charge is 0.260 e. The number of halogens is 2. The molecule has 1 aromatic carbocycles. The minimum Gasteiger partial charge on any atom is -0.481 e. The fourth-order valence-corrected chi connectivity index (χ4v) is 2.60. The Bertz CT molecular complexity index is 560. The van der Waals surface area contributed by atoms with E-state index in [4.69, 9.17) is 16.3 Å². The number of carbonyl (C=O) groups is 1. The Morgan fingerprint density at radius 3 is 2.95 bits per heavy atom. The summed E-state index contributed by atoms with van der Waals surface area (Å²) in [7, 11) is 0. The molecule has 0 unspecified atom stereocenters. The van der Waals surface area contributed by atoms with Gasteiger partial charge in [-0.3, -0.25) is 4.79 Å². The van der Waals surface area contributed by atoms with Gasteiger partial charge < -0.3 is 10.1 Å². The highest BCUT2D eigenvalue weighted by molar-refractivity contribution is 6.30. The minimum atomic E-state index is -0.651. The summed E-state index contributed by atoms with van der Waals surface area (Å²) in [6, 6.07) is 4.04. The third-order valence-corrected chi connectivity index (χ3v) is 3.99. The van der Waals surface area contributed by atoms with Gasteiger partial charge in [-0.2, -0.15) is 0 Å². The summed E-state index contributed by atoms with van der Waals surface area (Å²) >= 11 is 5.68. The number of hydrogen-bond donors (Lipinski definition) is 1. The minimum absolute atomic E-state index is 0.0191. The van der Waals surface area contributed by atoms with Crippen LogP contribution >= 0.6 is 11.6 Å². The van der Waals surface area contributed by atoms with Crippen molar-refractivity contribution in [3.05, 3.63) is 40.7 Å². The fourth-order valence-electron chi connectivity index (χ4n) is 2.43. The van der Waals surface area contributed by atoms with E-state index in [2.05, 4.69) is 11.4 Å². The molecule has 0 aromatic heterocycles. The van der Waals surface area contributed by atoms with Crippen molar-refractivity contribution in [3.8, 4) is 5.75 Å². The second kappa shape index (κ2) is 8.18. The number of amides is 1. The van der Waals surface area contributed by atoms with Crippen molar-refractivity contribution < 1.29 is 13.9 Å². The number of carbonyl (C=O) groups excluding carboxylic acids is 1. The van der Waals surface area contributed by atoms with Gasteiger partial charge in [0.2, 0.25) is 0 Å². The SMILES string of the molecule is C[C@@H](Oc1ccc(F)c(Cl)c1)C(=O)NCCC1=CCCCC1. The van der Waals surface area contributed by atoms with Gasteiger partial charge >= 0.3 is 0 Å². The normalized spacial score (nSPS) is 15.9. The summed E-state index contributed by atoms with van der Waals surface area (Å²) in [5.74, 6) is -0.312. The number of hydrogen-bond acceptors (Lipinski definition) is 2. The maximum absolute atomic E-state index is 13.1. The van der Waals surface area contributed by atoms with Gasteiger partial charge in [-0.15, -0.1) is 0 Å². The van der Waals surface area contributed by atoms with E-state index in [1.165, 1.54) is 36.6 Å². The molecule has 3 nitrogen and oxygen atoms in total. The molecule has 0 bridgehead atoms. The molecule has 1 amide bonds. The predicted molar refractivity (Wildman–Crippen MR) is 85.7 cm³/mol. The molecular weight excluding hydrogens is 305 g/mol. The lowest BCUT2D eigenvalue weighted by Crippen LogP contribution is -2.37. The van der Waals surface area contributed by atoms with Crippen molar-refractivity contribution in [2.75, 3.05) is 6.54 Å². The average Bonchev–Trinajstić information content (AvgIpc) is 2.52. The Balaban J connectivity index is 1.76. The molecule has 1 atom stereocenters. The van der Waals surface area contributed by atoms with Crippen molar-refractivity contribution in [2.45, 2.75) is 45.1 Å². The van der Waals surface area contributed by atoms with Crippen LogP contribution in [0.25, 0.3) is 0 Å². The lowest BCUT2D eigenvalue weighted by atomic mass is 9.97. The van der Waals surface area contributed by atoms with Crippen molar-refractivity contribution in [2.24, 2.45) is 0 Å². The van der Waals surface area contributed by atoms with Crippen LogP contribution in [-0.4, -0.2) is 18.6 Å². The molecule has 5 heteroatoms. The summed E-state index contributed by atoms with van der Waals surface area (Å²) < 4.78 is 18.5. The number of rotatable bonds is 6. The maximum Gasteiger partial charge on any atom is 0.260 e. The molecule has 0 saturated heterocycles. The Labute approximate surface area is 135 Å². The summed E-state index contributed by atoms with van der Waals surface area (Å²) in [6.07, 6.45) is 7.30. The highest BCUT2D eigenvalue weighted by atomic mass is 35.5. The number of nitrogens with one attached hydrogen (secondary N) is 1. The first-order valence-corrected chi connectivity index (χ1v) is 8.01. The quantitative estimate of drug-likeness (QED) is 0.794. The van der Waals surface area contributed by atoms with E-state index >= 15 is 0 Å². The molecule has 0 saturated carbocycles. The second-order valence-electron chi connectivity index (χ2n) is 5.49. The fraction of sp³-hybridized carbons (Fsp3) is 0.471. The third kappa shape index (κ3) is 5.02. The van der Waals surface area contributed by atoms with Gasteiger partial charge in [-0.1, -0.05) is 23.3 Å². The van der Waals surface area contributed by atoms with E-state index in [-0.39, 0.29) is 10.9 Å². The topological polar surface area (TPSA) is 38.3 Å². The maximum atomic E-state index is 13.1. The van der Waals surface area contributed by atoms with E-state index in [9.17, 15) is 9.18 Å². The van der Waals surface area contributed by atoms with Crippen LogP contribution in [-0.2, 0) is 4.79 Å². The predicted octanol–water partition coefficient (Wildman–Crippen LogP) is 4.25. The Hall–Kier alpha value is -1.55. The Morgan fingerprint density at radius 2 is 2.27 bits per heavy atom. The molecule has 0 fully saturated rings. The van der Waals surface area contributed by atoms with Gasteiger partial charge in [-0.25, -0.2) is 4.39 Å². The molecule has 120 valence electrons. The van der Waals surface area contributed by atoms with E-state index in [1.807, 2.05) is 0 Å². The van der Waals surface area contributed by atoms with Gasteiger partial charge in [0.25, 0.3) is 5.91 Å². The summed E-state index contributed by atoms with van der Waals surface area (Å²) in [6.45, 7) is 2.27. The van der Waals surface area contributed by atoms with Crippen LogP contribution in [0.15, 0.2) is 29.8 Å². The zero-order chi connectivity index (χ0) is 15.9. The van der Waals surface area contributed by atoms with Crippen molar-refractivity contribution >= 4 is 17.5 Å². The molecule has 0 heterocycles. The van der Waals surface area contributed by atoms with E-state index < -0.39 is 11.9 Å². The van der Waals surface area contributed by atoms with Crippen LogP contribution in [0.5, 0.6) is 5.75 Å². The summed E-state index contributed by atoms with van der Waals surface area (Å²) in [5.41, 5.74) is 1.42. The monoisotopic (exact) mass is 325 g/mol. The van der Waals surface area contributed by atoms with Gasteiger partial charge in [0.15, 0.2) is 6.10 Å². The van der Waals surface area contributed by atoms with E-state index in [0.717, 1.165) is 19.3 Å². The van der Waals surface area contributed by atoms with Crippen molar-refractivity contribution in [3.63, 3.8) is 0 Å². The largest absolute Gasteiger partial charge is 0.481 e. The van der Waals surface area contributed by atoms with Crippen LogP contribution in [0.1, 0.15) is 39.0 Å². The van der Waals surface area contributed by atoms with Gasteiger partial charge in [0.05, 0.1) is 5.02 Å². The Morgan fingerprint density at radius 1 is 1.45 bits per heavy atom. The van der Waals surface area contributed by atoms with E-state index in [0.29, 0.717) is 12.3 Å². The standard InChI is InChI=1S/C17H21ClFNO2/c1-12(22-14-7-8-16(19)15(18)11-14)17(21)20-10-9-13-5-3-2-4-6-13/h5,7-8,11-12H,2-4,6,9-10H2,1H3,(H,20,21)/t12-/m1/s1. The molecule has 2 rings (SSSR count). The first kappa shape index (κ1) is 16.8. The lowest BCUT2D eigenvalue weighted by Gasteiger charge is -2.16. The Kier molecular flexibility index (Phi) is 6.25. The van der Waals surface area contributed by atoms with Crippen molar-refractivity contribution in [1.82, 2.24) is 5.32 Å². The zero-order valence-corrected chi connectivity index (χ0v) is 13.5. The molecule has 1 aliphatic carbocycles. The number of allylic oxidation sites excluding steroid dienone is 1. The van der Waals surface area contributed by atoms with Crippen LogP contribution < -0.4 is 10.1 Å². The van der Waals surface area contributed by atoms with Gasteiger partial charge in [-0.05, 0) is 51.2 Å². The summed E-state index contributed by atoms with van der Waals surface area (Å²) in [5, 5.41) is 2.85. The van der Waals surface area contributed by atoms with Crippen LogP contribution in [0.4, 0.5) is 4.39 Å². The van der Waals surface area contributed by atoms with Gasteiger partial charge in [0, 0.05) is 12.6 Å². The molecule has 0 spiro atoms. The first-order valence-electron chi connectivity index (χ1n) is 7.63. The highest BCUT2D eigenvalue weighted by Crippen LogP contribution is 2.22. The zero-order valence-electron chi connectivity index (χ0n) is 12.7. The molecule has 0 radical (unpaired) electrons. The number of ether oxygens (including phenoxy) is 1. The number of benzene rings is 1. The summed E-state index contributed by atoms with van der Waals surface area (Å²) in [4.78, 5) is 12.0. The second-order valence-corrected chi connectivity index (χ2v) is 5.89. The molecular formula is C17H21ClFNO2. The lowest BCUT2D eigenvalue weighted by molar-refractivity contribution is -0.127. The molecule has 1 aliphatic rings. The van der Waals surface area contributed by atoms with Crippen LogP contribution in [0, 0.1) is 5.82 Å². The van der Waals surface area contributed by atoms with E-state index in [1.54, 1.807) is 6.92 Å². The third-order valence-electron chi connectivity index (χ3n) is 3.70. The first-order chi connectivity index (χ1) is 10.6. The van der Waals surface area contributed by atoms with Gasteiger partial charge in [0.1, 0.15) is 11.6 Å². The molecule has 1 aromatic rings. The van der Waals surface area contributed by atoms with Crippen LogP contribution in [0.3, 0.4) is 0 Å². The molecule has 22 heavy (non-hydrogen) atoms.